The third-order valence-electron chi connectivity index (χ3n) is 6.80. The molecule has 0 spiro atoms. The molecular weight excluding hydrogens is 464 g/mol. The van der Waals surface area contributed by atoms with Gasteiger partial charge in [-0.2, -0.15) is 0 Å². The van der Waals surface area contributed by atoms with Crippen molar-refractivity contribution >= 4 is 33.7 Å². The van der Waals surface area contributed by atoms with Gasteiger partial charge in [0.1, 0.15) is 17.2 Å². The van der Waals surface area contributed by atoms with Crippen LogP contribution in [0, 0.1) is 0 Å². The highest BCUT2D eigenvalue weighted by atomic mass is 32.1. The van der Waals surface area contributed by atoms with Gasteiger partial charge in [-0.15, -0.1) is 0 Å². The quantitative estimate of drug-likeness (QED) is 0.397. The van der Waals surface area contributed by atoms with Crippen molar-refractivity contribution < 1.29 is 14.6 Å². The summed E-state index contributed by atoms with van der Waals surface area (Å²) in [6.45, 7) is 1.22. The summed E-state index contributed by atoms with van der Waals surface area (Å²) in [5, 5.41) is 13.4. The molecule has 0 atom stereocenters. The van der Waals surface area contributed by atoms with Gasteiger partial charge in [-0.3, -0.25) is 14.5 Å². The number of anilines is 2. The molecule has 1 aromatic carbocycles. The van der Waals surface area contributed by atoms with Crippen molar-refractivity contribution in [3.05, 3.63) is 58.6 Å². The zero-order valence-corrected chi connectivity index (χ0v) is 19.9. The molecule has 35 heavy (non-hydrogen) atoms. The van der Waals surface area contributed by atoms with Crippen LogP contribution >= 0.6 is 11.3 Å². The zero-order valence-electron chi connectivity index (χ0n) is 19.1. The van der Waals surface area contributed by atoms with E-state index in [1.54, 1.807) is 18.3 Å². The Morgan fingerprint density at radius 1 is 1.17 bits per heavy atom. The molecule has 0 unspecified atom stereocenters. The lowest BCUT2D eigenvalue weighted by Crippen LogP contribution is -2.18. The molecule has 10 heteroatoms. The Bertz CT molecular complexity index is 1360. The molecule has 4 N–H and O–H groups in total. The highest BCUT2D eigenvalue weighted by molar-refractivity contribution is 7.15. The van der Waals surface area contributed by atoms with E-state index in [1.807, 2.05) is 22.7 Å². The standard InChI is InChI=1S/C25H26N6O3S/c26-22-20-11-27-23(15-5-7-17(32)8-6-15)31(20)12-19(28-22)14-1-3-16(4-2-14)24(33)30-25-29-18-9-10-34-13-21(18)35-25/h1-4,11-12,15,17,32H,5-10,13H2,(H2,26,28)(H,29,30,33)/t15-,17-. The summed E-state index contributed by atoms with van der Waals surface area (Å²) in [5.74, 6) is 1.44. The number of imidazole rings is 1. The molecule has 1 amide bonds. The second-order valence-electron chi connectivity index (χ2n) is 9.11. The normalized spacial score (nSPS) is 20.0. The van der Waals surface area contributed by atoms with Crippen molar-refractivity contribution in [2.45, 2.75) is 50.7 Å². The monoisotopic (exact) mass is 490 g/mol. The number of nitrogen functional groups attached to an aromatic ring is 1. The van der Waals surface area contributed by atoms with Crippen LogP contribution in [-0.4, -0.2) is 43.1 Å². The number of ether oxygens (including phenoxy) is 1. The number of nitrogens with zero attached hydrogens (tertiary/aromatic N) is 4. The van der Waals surface area contributed by atoms with Gasteiger partial charge in [-0.1, -0.05) is 23.5 Å². The molecule has 3 aromatic heterocycles. The van der Waals surface area contributed by atoms with Crippen LogP contribution in [0.3, 0.4) is 0 Å². The van der Waals surface area contributed by atoms with Crippen LogP contribution in [-0.2, 0) is 17.8 Å². The number of nitrogens with two attached hydrogens (primary N) is 1. The Balaban J connectivity index is 1.23. The zero-order chi connectivity index (χ0) is 23.9. The van der Waals surface area contributed by atoms with E-state index >= 15 is 0 Å². The molecule has 0 radical (unpaired) electrons. The van der Waals surface area contributed by atoms with Crippen LogP contribution in [0.15, 0.2) is 36.7 Å². The number of hydrogen-bond donors (Lipinski definition) is 3. The molecule has 0 bridgehead atoms. The van der Waals surface area contributed by atoms with E-state index in [0.29, 0.717) is 35.4 Å². The Morgan fingerprint density at radius 2 is 1.97 bits per heavy atom. The van der Waals surface area contributed by atoms with E-state index in [4.69, 9.17) is 10.5 Å². The molecule has 1 fully saturated rings. The van der Waals surface area contributed by atoms with Crippen molar-refractivity contribution in [1.82, 2.24) is 19.4 Å². The number of carbonyl (C=O) groups is 1. The summed E-state index contributed by atoms with van der Waals surface area (Å²) < 4.78 is 7.48. The topological polar surface area (TPSA) is 128 Å². The molecular formula is C25H26N6O3S. The first-order valence-corrected chi connectivity index (χ1v) is 12.7. The van der Waals surface area contributed by atoms with E-state index in [-0.39, 0.29) is 17.9 Å². The number of rotatable bonds is 4. The number of aromatic nitrogens is 4. The molecule has 1 aliphatic heterocycles. The number of thiazole rings is 1. The third-order valence-corrected chi connectivity index (χ3v) is 7.79. The van der Waals surface area contributed by atoms with Gasteiger partial charge in [0.15, 0.2) is 5.13 Å². The van der Waals surface area contributed by atoms with E-state index in [2.05, 4.69) is 20.3 Å². The van der Waals surface area contributed by atoms with Gasteiger partial charge < -0.3 is 15.6 Å². The number of carbonyl (C=O) groups excluding carboxylic acids is 1. The van der Waals surface area contributed by atoms with Gasteiger partial charge >= 0.3 is 0 Å². The van der Waals surface area contributed by atoms with Gasteiger partial charge in [-0.05, 0) is 37.8 Å². The Kier molecular flexibility index (Phi) is 5.71. The molecule has 1 saturated carbocycles. The predicted octanol–water partition coefficient (Wildman–Crippen LogP) is 3.78. The first kappa shape index (κ1) is 22.1. The van der Waals surface area contributed by atoms with Crippen molar-refractivity contribution in [2.24, 2.45) is 0 Å². The summed E-state index contributed by atoms with van der Waals surface area (Å²) in [4.78, 5) is 27.6. The van der Waals surface area contributed by atoms with Gasteiger partial charge in [0.25, 0.3) is 5.91 Å². The van der Waals surface area contributed by atoms with Crippen LogP contribution in [0.5, 0.6) is 0 Å². The average molecular weight is 491 g/mol. The lowest BCUT2D eigenvalue weighted by molar-refractivity contribution is 0.102. The summed E-state index contributed by atoms with van der Waals surface area (Å²) in [6, 6.07) is 7.30. The van der Waals surface area contributed by atoms with Crippen LogP contribution in [0.2, 0.25) is 0 Å². The van der Waals surface area contributed by atoms with Crippen LogP contribution in [0.4, 0.5) is 10.9 Å². The minimum atomic E-state index is -0.217. The first-order valence-electron chi connectivity index (χ1n) is 11.8. The Morgan fingerprint density at radius 3 is 2.74 bits per heavy atom. The Hall–Kier alpha value is -3.34. The number of aliphatic hydroxyl groups excluding tert-OH is 1. The molecule has 6 rings (SSSR count). The molecule has 180 valence electrons. The van der Waals surface area contributed by atoms with E-state index in [0.717, 1.165) is 59.6 Å². The second-order valence-corrected chi connectivity index (χ2v) is 10.2. The minimum Gasteiger partial charge on any atom is -0.393 e. The lowest BCUT2D eigenvalue weighted by Gasteiger charge is -2.24. The number of fused-ring (bicyclic) bond motifs is 2. The predicted molar refractivity (Wildman–Crippen MR) is 133 cm³/mol. The van der Waals surface area contributed by atoms with Gasteiger partial charge in [-0.25, -0.2) is 15.0 Å². The minimum absolute atomic E-state index is 0.206. The number of benzene rings is 1. The number of nitrogens with one attached hydrogen (secondary N) is 1. The fourth-order valence-corrected chi connectivity index (χ4v) is 5.79. The third kappa shape index (κ3) is 4.29. The van der Waals surface area contributed by atoms with E-state index in [1.165, 1.54) is 11.3 Å². The summed E-state index contributed by atoms with van der Waals surface area (Å²) >= 11 is 1.46. The fourth-order valence-electron chi connectivity index (χ4n) is 4.85. The number of aliphatic hydroxyl groups is 1. The lowest BCUT2D eigenvalue weighted by atomic mass is 9.87. The van der Waals surface area contributed by atoms with Crippen LogP contribution in [0.1, 0.15) is 58.4 Å². The molecule has 2 aliphatic rings. The maximum Gasteiger partial charge on any atom is 0.257 e. The molecule has 4 heterocycles. The molecule has 0 saturated heterocycles. The van der Waals surface area contributed by atoms with Gasteiger partial charge in [0.2, 0.25) is 0 Å². The van der Waals surface area contributed by atoms with E-state index < -0.39 is 0 Å². The SMILES string of the molecule is Nc1nc(-c2ccc(C(=O)Nc3nc4c(s3)COCC4)cc2)cn2c1cnc2[C@H]1CC[C@H](O)CC1. The molecule has 4 aromatic rings. The first-order chi connectivity index (χ1) is 17.0. The average Bonchev–Trinajstić information content (AvgIpc) is 3.48. The second kappa shape index (κ2) is 9.03. The smallest absolute Gasteiger partial charge is 0.257 e. The highest BCUT2D eigenvalue weighted by Gasteiger charge is 2.25. The largest absolute Gasteiger partial charge is 0.393 e. The molecule has 9 nitrogen and oxygen atoms in total. The summed E-state index contributed by atoms with van der Waals surface area (Å²) in [6.07, 6.45) is 7.65. The van der Waals surface area contributed by atoms with Crippen LogP contribution in [0.25, 0.3) is 16.8 Å². The summed E-state index contributed by atoms with van der Waals surface area (Å²) in [5.41, 5.74) is 10.2. The fraction of sp³-hybridized carbons (Fsp3) is 0.360. The van der Waals surface area contributed by atoms with Gasteiger partial charge in [0.05, 0.1) is 41.8 Å². The Labute approximate surface area is 206 Å². The van der Waals surface area contributed by atoms with Crippen molar-refractivity contribution in [3.63, 3.8) is 0 Å². The number of hydrogen-bond acceptors (Lipinski definition) is 8. The van der Waals surface area contributed by atoms with Crippen LogP contribution < -0.4 is 11.1 Å². The molecule has 1 aliphatic carbocycles. The maximum atomic E-state index is 12.8. The van der Waals surface area contributed by atoms with Crippen molar-refractivity contribution in [1.29, 1.82) is 0 Å². The van der Waals surface area contributed by atoms with Crippen molar-refractivity contribution in [3.8, 4) is 11.3 Å². The maximum absolute atomic E-state index is 12.8. The van der Waals surface area contributed by atoms with Crippen molar-refractivity contribution in [2.75, 3.05) is 17.7 Å². The van der Waals surface area contributed by atoms with Gasteiger partial charge in [0, 0.05) is 29.7 Å². The highest BCUT2D eigenvalue weighted by Crippen LogP contribution is 2.34. The number of amides is 1. The van der Waals surface area contributed by atoms with E-state index in [9.17, 15) is 9.90 Å². The summed E-state index contributed by atoms with van der Waals surface area (Å²) in [7, 11) is 0.